The van der Waals surface area contributed by atoms with Gasteiger partial charge >= 0.3 is 0 Å². The Kier molecular flexibility index (Phi) is 3.51. The van der Waals surface area contributed by atoms with Gasteiger partial charge < -0.3 is 10.3 Å². The molecule has 106 valence electrons. The molecule has 3 rings (SSSR count). The smallest absolute Gasteiger partial charge is 0.177 e. The summed E-state index contributed by atoms with van der Waals surface area (Å²) in [7, 11) is 0. The Bertz CT molecular complexity index is 797. The summed E-state index contributed by atoms with van der Waals surface area (Å²) in [5.41, 5.74) is 9.10. The van der Waals surface area contributed by atoms with Crippen LogP contribution in [0.15, 0.2) is 51.5 Å². The number of nitrogens with zero attached hydrogens (tertiary/aromatic N) is 1. The Hall–Kier alpha value is -2.14. The van der Waals surface area contributed by atoms with Crippen LogP contribution in [-0.2, 0) is 0 Å². The van der Waals surface area contributed by atoms with Crippen molar-refractivity contribution in [3.05, 3.63) is 58.3 Å². The van der Waals surface area contributed by atoms with Gasteiger partial charge in [0.25, 0.3) is 0 Å². The highest BCUT2D eigenvalue weighted by molar-refractivity contribution is 9.10. The van der Waals surface area contributed by atoms with E-state index in [1.54, 1.807) is 6.07 Å². The summed E-state index contributed by atoms with van der Waals surface area (Å²) in [6, 6.07) is 12.2. The molecular formula is C16H12BrFN2O. The fourth-order valence-electron chi connectivity index (χ4n) is 2.26. The lowest BCUT2D eigenvalue weighted by Gasteiger charge is -2.06. The van der Waals surface area contributed by atoms with Crippen molar-refractivity contribution in [2.45, 2.75) is 6.92 Å². The Labute approximate surface area is 129 Å². The molecule has 0 bridgehead atoms. The fraction of sp³-hybridized carbons (Fsp3) is 0.0625. The van der Waals surface area contributed by atoms with Crippen LogP contribution in [0.2, 0.25) is 0 Å². The van der Waals surface area contributed by atoms with Crippen LogP contribution in [0.1, 0.15) is 5.56 Å². The van der Waals surface area contributed by atoms with Crippen LogP contribution in [0.4, 0.5) is 10.2 Å². The zero-order valence-corrected chi connectivity index (χ0v) is 12.8. The van der Waals surface area contributed by atoms with Crippen molar-refractivity contribution < 1.29 is 8.91 Å². The van der Waals surface area contributed by atoms with E-state index in [9.17, 15) is 4.39 Å². The lowest BCUT2D eigenvalue weighted by atomic mass is 9.98. The summed E-state index contributed by atoms with van der Waals surface area (Å²) in [5.74, 6) is 0.581. The van der Waals surface area contributed by atoms with E-state index in [0.717, 1.165) is 26.7 Å². The van der Waals surface area contributed by atoms with Gasteiger partial charge in [-0.25, -0.2) is 4.39 Å². The van der Waals surface area contributed by atoms with E-state index >= 15 is 0 Å². The first-order chi connectivity index (χ1) is 10.1. The number of nitrogen functional groups attached to an aromatic ring is 1. The number of hydrogen-bond donors (Lipinski definition) is 1. The number of rotatable bonds is 2. The molecule has 3 aromatic rings. The SMILES string of the molecule is Cc1cc(F)ccc1-c1onc(N)c1-c1ccc(Br)cc1. The summed E-state index contributed by atoms with van der Waals surface area (Å²) < 4.78 is 19.6. The van der Waals surface area contributed by atoms with Crippen molar-refractivity contribution >= 4 is 21.7 Å². The van der Waals surface area contributed by atoms with Crippen LogP contribution >= 0.6 is 15.9 Å². The molecule has 2 N–H and O–H groups in total. The molecule has 1 aromatic heterocycles. The molecule has 0 aliphatic rings. The maximum atomic E-state index is 13.3. The van der Waals surface area contributed by atoms with Gasteiger partial charge in [0.05, 0.1) is 5.56 Å². The third kappa shape index (κ3) is 2.56. The maximum absolute atomic E-state index is 13.3. The lowest BCUT2D eigenvalue weighted by molar-refractivity contribution is 0.436. The summed E-state index contributed by atoms with van der Waals surface area (Å²) in [5, 5.41) is 3.85. The number of halogens is 2. The highest BCUT2D eigenvalue weighted by atomic mass is 79.9. The van der Waals surface area contributed by atoms with Crippen LogP contribution in [0.25, 0.3) is 22.5 Å². The third-order valence-electron chi connectivity index (χ3n) is 3.28. The van der Waals surface area contributed by atoms with Crippen molar-refractivity contribution in [1.29, 1.82) is 0 Å². The Morgan fingerprint density at radius 2 is 1.86 bits per heavy atom. The average Bonchev–Trinajstić information content (AvgIpc) is 2.82. The van der Waals surface area contributed by atoms with Crippen molar-refractivity contribution in [1.82, 2.24) is 5.16 Å². The minimum Gasteiger partial charge on any atom is -0.380 e. The fourth-order valence-corrected chi connectivity index (χ4v) is 2.53. The molecule has 0 spiro atoms. The molecule has 0 saturated carbocycles. The summed E-state index contributed by atoms with van der Waals surface area (Å²) >= 11 is 3.40. The quantitative estimate of drug-likeness (QED) is 0.724. The molecule has 3 nitrogen and oxygen atoms in total. The van der Waals surface area contributed by atoms with Gasteiger partial charge in [-0.3, -0.25) is 0 Å². The Morgan fingerprint density at radius 3 is 2.52 bits per heavy atom. The van der Waals surface area contributed by atoms with Crippen LogP contribution in [0.3, 0.4) is 0 Å². The lowest BCUT2D eigenvalue weighted by Crippen LogP contribution is -1.90. The minimum atomic E-state index is -0.283. The summed E-state index contributed by atoms with van der Waals surface area (Å²) in [4.78, 5) is 0. The van der Waals surface area contributed by atoms with Crippen LogP contribution in [0, 0.1) is 12.7 Å². The molecule has 0 aliphatic carbocycles. The average molecular weight is 347 g/mol. The molecule has 0 radical (unpaired) electrons. The number of aromatic nitrogens is 1. The topological polar surface area (TPSA) is 52.0 Å². The monoisotopic (exact) mass is 346 g/mol. The second kappa shape index (κ2) is 5.33. The first kappa shape index (κ1) is 13.8. The molecule has 1 heterocycles. The van der Waals surface area contributed by atoms with E-state index < -0.39 is 0 Å². The van der Waals surface area contributed by atoms with Crippen molar-refractivity contribution in [3.63, 3.8) is 0 Å². The van der Waals surface area contributed by atoms with Crippen molar-refractivity contribution in [3.8, 4) is 22.5 Å². The number of nitrogens with two attached hydrogens (primary N) is 1. The maximum Gasteiger partial charge on any atom is 0.177 e. The summed E-state index contributed by atoms with van der Waals surface area (Å²) in [6.07, 6.45) is 0. The van der Waals surface area contributed by atoms with Gasteiger partial charge in [0, 0.05) is 10.0 Å². The highest BCUT2D eigenvalue weighted by Crippen LogP contribution is 2.38. The van der Waals surface area contributed by atoms with E-state index in [4.69, 9.17) is 10.3 Å². The predicted molar refractivity (Wildman–Crippen MR) is 84.2 cm³/mol. The van der Waals surface area contributed by atoms with Crippen LogP contribution in [0.5, 0.6) is 0 Å². The van der Waals surface area contributed by atoms with Gasteiger partial charge in [0.15, 0.2) is 11.6 Å². The zero-order valence-electron chi connectivity index (χ0n) is 11.2. The van der Waals surface area contributed by atoms with E-state index in [0.29, 0.717) is 11.6 Å². The van der Waals surface area contributed by atoms with Crippen molar-refractivity contribution in [2.24, 2.45) is 0 Å². The molecule has 2 aromatic carbocycles. The van der Waals surface area contributed by atoms with Gasteiger partial charge in [-0.05, 0) is 48.4 Å². The first-order valence-corrected chi connectivity index (χ1v) is 7.13. The summed E-state index contributed by atoms with van der Waals surface area (Å²) in [6.45, 7) is 1.82. The van der Waals surface area contributed by atoms with E-state index in [-0.39, 0.29) is 5.82 Å². The predicted octanol–water partition coefficient (Wildman–Crippen LogP) is 4.80. The standard InChI is InChI=1S/C16H12BrFN2O/c1-9-8-12(18)6-7-13(9)15-14(16(19)20-21-15)10-2-4-11(17)5-3-10/h2-8H,1H3,(H2,19,20). The number of anilines is 1. The van der Waals surface area contributed by atoms with E-state index in [2.05, 4.69) is 21.1 Å². The van der Waals surface area contributed by atoms with Crippen molar-refractivity contribution in [2.75, 3.05) is 5.73 Å². The molecule has 21 heavy (non-hydrogen) atoms. The van der Waals surface area contributed by atoms with E-state index in [1.165, 1.54) is 12.1 Å². The van der Waals surface area contributed by atoms with Crippen LogP contribution in [-0.4, -0.2) is 5.16 Å². The minimum absolute atomic E-state index is 0.283. The normalized spacial score (nSPS) is 10.8. The Balaban J connectivity index is 2.19. The van der Waals surface area contributed by atoms with Gasteiger partial charge in [-0.2, -0.15) is 0 Å². The highest BCUT2D eigenvalue weighted by Gasteiger charge is 2.19. The molecule has 0 saturated heterocycles. The van der Waals surface area contributed by atoms with Crippen LogP contribution < -0.4 is 5.73 Å². The first-order valence-electron chi connectivity index (χ1n) is 6.34. The molecule has 0 fully saturated rings. The second-order valence-corrected chi connectivity index (χ2v) is 5.65. The largest absolute Gasteiger partial charge is 0.380 e. The van der Waals surface area contributed by atoms with Gasteiger partial charge in [-0.1, -0.05) is 33.2 Å². The molecule has 0 aliphatic heterocycles. The van der Waals surface area contributed by atoms with E-state index in [1.807, 2.05) is 31.2 Å². The van der Waals surface area contributed by atoms with Gasteiger partial charge in [0.2, 0.25) is 0 Å². The number of aryl methyl sites for hydroxylation is 1. The van der Waals surface area contributed by atoms with Gasteiger partial charge in [0.1, 0.15) is 5.82 Å². The molecule has 5 heteroatoms. The molecular weight excluding hydrogens is 335 g/mol. The molecule has 0 atom stereocenters. The number of hydrogen-bond acceptors (Lipinski definition) is 3. The molecule has 0 unspecified atom stereocenters. The third-order valence-corrected chi connectivity index (χ3v) is 3.81. The second-order valence-electron chi connectivity index (χ2n) is 4.74. The van der Waals surface area contributed by atoms with Gasteiger partial charge in [-0.15, -0.1) is 0 Å². The Morgan fingerprint density at radius 1 is 1.14 bits per heavy atom. The zero-order chi connectivity index (χ0) is 15.0. The number of benzene rings is 2. The molecule has 0 amide bonds.